The minimum atomic E-state index is -0.165. The normalized spacial score (nSPS) is 39.7. The van der Waals surface area contributed by atoms with E-state index in [1.807, 2.05) is 0 Å². The van der Waals surface area contributed by atoms with Gasteiger partial charge in [0.05, 0.1) is 0 Å². The maximum atomic E-state index is 8.48. The molecule has 0 aliphatic heterocycles. The fraction of sp³-hybridized carbons (Fsp3) is 1.00. The topological polar surface area (TPSA) is 97.5 Å². The summed E-state index contributed by atoms with van der Waals surface area (Å²) >= 11 is 0. The van der Waals surface area contributed by atoms with Gasteiger partial charge in [0.15, 0.2) is 0 Å². The predicted octanol–water partition coefficient (Wildman–Crippen LogP) is 3.45. The van der Waals surface area contributed by atoms with Crippen molar-refractivity contribution in [2.24, 2.45) is 10.2 Å². The Morgan fingerprint density at radius 1 is 0.714 bits per heavy atom. The van der Waals surface area contributed by atoms with E-state index in [-0.39, 0.29) is 11.1 Å². The quantitative estimate of drug-likeness (QED) is 0.363. The van der Waals surface area contributed by atoms with Crippen LogP contribution in [0.15, 0.2) is 10.2 Å². The summed E-state index contributed by atoms with van der Waals surface area (Å²) in [4.78, 5) is 5.83. The second-order valence-electron chi connectivity index (χ2n) is 4.33. The van der Waals surface area contributed by atoms with Gasteiger partial charge in [-0.3, -0.25) is 0 Å². The van der Waals surface area contributed by atoms with Gasteiger partial charge in [0, 0.05) is 20.9 Å². The Kier molecular flexibility index (Phi) is 2.02. The Bertz CT molecular complexity index is 277. The maximum Gasteiger partial charge on any atom is 0.0489 e. The summed E-state index contributed by atoms with van der Waals surface area (Å²) in [6.45, 7) is 0. The molecule has 0 aromatic heterocycles. The Balaban J connectivity index is 2.20. The third-order valence-electron chi connectivity index (χ3n) is 3.68. The minimum absolute atomic E-state index is 0.165. The maximum absolute atomic E-state index is 8.48. The standard InChI is InChI=1S/C8H12N6/c9-13-11-7-1-2-8(5-3-7,6-4-7)12-14-10/h1-6H2. The monoisotopic (exact) mass is 192 g/mol. The van der Waals surface area contributed by atoms with Crippen molar-refractivity contribution in [3.63, 3.8) is 0 Å². The van der Waals surface area contributed by atoms with Crippen molar-refractivity contribution in [2.45, 2.75) is 49.6 Å². The van der Waals surface area contributed by atoms with Crippen molar-refractivity contribution < 1.29 is 0 Å². The Morgan fingerprint density at radius 2 is 1.00 bits per heavy atom. The molecular weight excluding hydrogens is 180 g/mol. The van der Waals surface area contributed by atoms with E-state index in [4.69, 9.17) is 11.1 Å². The largest absolute Gasteiger partial charge is 0.0873 e. The predicted molar refractivity (Wildman–Crippen MR) is 51.5 cm³/mol. The first kappa shape index (κ1) is 9.19. The van der Waals surface area contributed by atoms with Crippen LogP contribution in [0.1, 0.15) is 38.5 Å². The van der Waals surface area contributed by atoms with Gasteiger partial charge in [-0.25, -0.2) is 0 Å². The highest BCUT2D eigenvalue weighted by Gasteiger charge is 2.47. The van der Waals surface area contributed by atoms with Gasteiger partial charge < -0.3 is 0 Å². The fourth-order valence-electron chi connectivity index (χ4n) is 2.64. The van der Waals surface area contributed by atoms with Gasteiger partial charge in [-0.15, -0.1) is 0 Å². The summed E-state index contributed by atoms with van der Waals surface area (Å²) in [6.07, 6.45) is 5.23. The zero-order valence-electron chi connectivity index (χ0n) is 7.93. The third kappa shape index (κ3) is 1.29. The molecule has 6 nitrogen and oxygen atoms in total. The van der Waals surface area contributed by atoms with Crippen molar-refractivity contribution >= 4 is 0 Å². The molecule has 3 saturated carbocycles. The lowest BCUT2D eigenvalue weighted by Crippen LogP contribution is -2.47. The van der Waals surface area contributed by atoms with E-state index in [0.717, 1.165) is 38.5 Å². The summed E-state index contributed by atoms with van der Waals surface area (Å²) in [5, 5.41) is 7.82. The molecule has 6 heteroatoms. The van der Waals surface area contributed by atoms with E-state index in [1.165, 1.54) is 0 Å². The molecule has 3 aliphatic carbocycles. The summed E-state index contributed by atoms with van der Waals surface area (Å²) in [6, 6.07) is 0. The van der Waals surface area contributed by atoms with Crippen LogP contribution in [0.4, 0.5) is 0 Å². The van der Waals surface area contributed by atoms with Gasteiger partial charge in [-0.05, 0) is 49.6 Å². The number of fused-ring (bicyclic) bond motifs is 3. The Labute approximate surface area is 81.5 Å². The third-order valence-corrected chi connectivity index (χ3v) is 3.68. The van der Waals surface area contributed by atoms with E-state index >= 15 is 0 Å². The van der Waals surface area contributed by atoms with Gasteiger partial charge in [0.2, 0.25) is 0 Å². The molecule has 3 aliphatic rings. The van der Waals surface area contributed by atoms with Crippen LogP contribution in [0.2, 0.25) is 0 Å². The van der Waals surface area contributed by atoms with Gasteiger partial charge in [-0.1, -0.05) is 10.2 Å². The van der Waals surface area contributed by atoms with Crippen molar-refractivity contribution in [3.05, 3.63) is 20.9 Å². The van der Waals surface area contributed by atoms with Crippen LogP contribution >= 0.6 is 0 Å². The van der Waals surface area contributed by atoms with E-state index in [9.17, 15) is 0 Å². The minimum Gasteiger partial charge on any atom is -0.0873 e. The summed E-state index contributed by atoms with van der Waals surface area (Å²) in [5.74, 6) is 0. The highest BCUT2D eigenvalue weighted by atomic mass is 15.2. The molecule has 74 valence electrons. The summed E-state index contributed by atoms with van der Waals surface area (Å²) in [5.41, 5.74) is 16.6. The zero-order valence-corrected chi connectivity index (χ0v) is 7.93. The highest BCUT2D eigenvalue weighted by molar-refractivity contribution is 5.08. The molecule has 0 radical (unpaired) electrons. The lowest BCUT2D eigenvalue weighted by atomic mass is 9.62. The molecule has 0 atom stereocenters. The summed E-state index contributed by atoms with van der Waals surface area (Å²) in [7, 11) is 0. The molecule has 3 rings (SSSR count). The second-order valence-corrected chi connectivity index (χ2v) is 4.33. The number of rotatable bonds is 2. The molecule has 3 fully saturated rings. The molecule has 14 heavy (non-hydrogen) atoms. The zero-order chi connectivity index (χ0) is 10.1. The van der Waals surface area contributed by atoms with Crippen LogP contribution < -0.4 is 0 Å². The molecule has 2 bridgehead atoms. The van der Waals surface area contributed by atoms with E-state index in [1.54, 1.807) is 0 Å². The molecule has 0 N–H and O–H groups in total. The number of hydrogen-bond donors (Lipinski definition) is 0. The average molecular weight is 192 g/mol. The van der Waals surface area contributed by atoms with Crippen LogP contribution in [0.5, 0.6) is 0 Å². The number of hydrogen-bond acceptors (Lipinski definition) is 2. The number of nitrogens with zero attached hydrogens (tertiary/aromatic N) is 6. The number of azide groups is 2. The highest BCUT2D eigenvalue weighted by Crippen LogP contribution is 2.50. The molecular formula is C8H12N6. The van der Waals surface area contributed by atoms with E-state index in [0.29, 0.717) is 0 Å². The summed E-state index contributed by atoms with van der Waals surface area (Å²) < 4.78 is 0. The molecule has 0 unspecified atom stereocenters. The lowest BCUT2D eigenvalue weighted by Gasteiger charge is -2.48. The molecule has 0 saturated heterocycles. The molecule has 0 amide bonds. The first-order valence-electron chi connectivity index (χ1n) is 4.87. The van der Waals surface area contributed by atoms with Gasteiger partial charge in [-0.2, -0.15) is 0 Å². The van der Waals surface area contributed by atoms with Gasteiger partial charge >= 0.3 is 0 Å². The van der Waals surface area contributed by atoms with Crippen LogP contribution in [-0.4, -0.2) is 11.1 Å². The first-order chi connectivity index (χ1) is 6.74. The fourth-order valence-corrected chi connectivity index (χ4v) is 2.64. The van der Waals surface area contributed by atoms with Gasteiger partial charge in [0.25, 0.3) is 0 Å². The molecule has 0 aromatic rings. The van der Waals surface area contributed by atoms with Crippen LogP contribution in [-0.2, 0) is 0 Å². The van der Waals surface area contributed by atoms with Crippen molar-refractivity contribution in [3.8, 4) is 0 Å². The van der Waals surface area contributed by atoms with Crippen LogP contribution in [0.3, 0.4) is 0 Å². The molecule has 0 heterocycles. The van der Waals surface area contributed by atoms with Crippen molar-refractivity contribution in [1.29, 1.82) is 0 Å². The Morgan fingerprint density at radius 3 is 1.21 bits per heavy atom. The van der Waals surface area contributed by atoms with Crippen LogP contribution in [0, 0.1) is 0 Å². The lowest BCUT2D eigenvalue weighted by molar-refractivity contribution is 0.113. The van der Waals surface area contributed by atoms with Gasteiger partial charge in [0.1, 0.15) is 0 Å². The van der Waals surface area contributed by atoms with Crippen molar-refractivity contribution in [1.82, 2.24) is 0 Å². The van der Waals surface area contributed by atoms with E-state index < -0.39 is 0 Å². The first-order valence-corrected chi connectivity index (χ1v) is 4.87. The average Bonchev–Trinajstić information content (AvgIpc) is 2.22. The van der Waals surface area contributed by atoms with E-state index in [2.05, 4.69) is 20.1 Å². The van der Waals surface area contributed by atoms with Crippen LogP contribution in [0.25, 0.3) is 20.9 Å². The molecule has 0 spiro atoms. The Hall–Kier alpha value is -1.38. The van der Waals surface area contributed by atoms with Crippen molar-refractivity contribution in [2.75, 3.05) is 0 Å². The smallest absolute Gasteiger partial charge is 0.0489 e. The SMILES string of the molecule is [N-]=[N+]=NC12CCC(N=[N+]=[N-])(CC1)CC2. The molecule has 0 aromatic carbocycles. The second kappa shape index (κ2) is 3.08.